The first-order valence-electron chi connectivity index (χ1n) is 6.06. The number of hydrogen-bond donors (Lipinski definition) is 2. The van der Waals surface area contributed by atoms with Crippen LogP contribution in [0.4, 0.5) is 10.7 Å². The summed E-state index contributed by atoms with van der Waals surface area (Å²) in [4.78, 5) is 12.9. The Bertz CT molecular complexity index is 775. The highest BCUT2D eigenvalue weighted by Gasteiger charge is 2.16. The maximum atomic E-state index is 12.2. The van der Waals surface area contributed by atoms with E-state index in [-0.39, 0.29) is 11.3 Å². The highest BCUT2D eigenvalue weighted by Crippen LogP contribution is 2.34. The van der Waals surface area contributed by atoms with E-state index in [0.717, 1.165) is 10.0 Å². The van der Waals surface area contributed by atoms with Gasteiger partial charge in [-0.15, -0.1) is 17.9 Å². The van der Waals surface area contributed by atoms with Crippen LogP contribution >= 0.6 is 27.3 Å². The summed E-state index contributed by atoms with van der Waals surface area (Å²) in [7, 11) is 0. The molecule has 0 saturated heterocycles. The molecule has 3 N–H and O–H groups in total. The zero-order valence-electron chi connectivity index (χ0n) is 11.0. The molecule has 0 radical (unpaired) electrons. The van der Waals surface area contributed by atoms with Gasteiger partial charge in [0.1, 0.15) is 16.6 Å². The third-order valence-electron chi connectivity index (χ3n) is 2.77. The molecule has 0 saturated carbocycles. The van der Waals surface area contributed by atoms with Crippen LogP contribution in [-0.4, -0.2) is 6.54 Å². The summed E-state index contributed by atoms with van der Waals surface area (Å²) < 4.78 is 0.941. The molecule has 1 aromatic carbocycles. The van der Waals surface area contributed by atoms with Gasteiger partial charge in [0, 0.05) is 11.0 Å². The lowest BCUT2D eigenvalue weighted by atomic mass is 10.1. The third kappa shape index (κ3) is 3.15. The first-order valence-corrected chi connectivity index (χ1v) is 7.66. The quantitative estimate of drug-likeness (QED) is 0.815. The number of benzene rings is 1. The van der Waals surface area contributed by atoms with Crippen molar-refractivity contribution in [1.29, 1.82) is 5.26 Å². The normalized spacial score (nSPS) is 9.90. The van der Waals surface area contributed by atoms with E-state index in [1.165, 1.54) is 11.3 Å². The number of nitrogens with zero attached hydrogens (tertiary/aromatic N) is 1. The highest BCUT2D eigenvalue weighted by atomic mass is 79.9. The van der Waals surface area contributed by atoms with E-state index < -0.39 is 5.43 Å². The SMILES string of the molecule is C=CCNc1sc(-c2ccc(Br)cc2)c(N)c(=O)c1C#N. The van der Waals surface area contributed by atoms with Crippen LogP contribution in [0.15, 0.2) is 46.2 Å². The average Bonchev–Trinajstić information content (AvgIpc) is 2.49. The largest absolute Gasteiger partial charge is 0.394 e. The summed E-state index contributed by atoms with van der Waals surface area (Å²) in [5.74, 6) is 0. The Morgan fingerprint density at radius 2 is 2.10 bits per heavy atom. The van der Waals surface area contributed by atoms with Gasteiger partial charge in [0.25, 0.3) is 0 Å². The molecule has 0 amide bonds. The summed E-state index contributed by atoms with van der Waals surface area (Å²) in [5, 5.41) is 12.7. The summed E-state index contributed by atoms with van der Waals surface area (Å²) in [5.41, 5.74) is 6.45. The Labute approximate surface area is 134 Å². The molecule has 4 nitrogen and oxygen atoms in total. The summed E-state index contributed by atoms with van der Waals surface area (Å²) in [6, 6.07) is 9.41. The van der Waals surface area contributed by atoms with Crippen LogP contribution in [0.1, 0.15) is 5.56 Å². The zero-order valence-corrected chi connectivity index (χ0v) is 13.4. The lowest BCUT2D eigenvalue weighted by Gasteiger charge is -2.10. The van der Waals surface area contributed by atoms with E-state index in [0.29, 0.717) is 16.4 Å². The topological polar surface area (TPSA) is 78.9 Å². The van der Waals surface area contributed by atoms with Crippen LogP contribution in [0.25, 0.3) is 10.4 Å². The van der Waals surface area contributed by atoms with E-state index >= 15 is 0 Å². The maximum Gasteiger partial charge on any atom is 0.223 e. The molecule has 6 heteroatoms. The number of nitriles is 1. The number of hydrogen-bond acceptors (Lipinski definition) is 5. The van der Waals surface area contributed by atoms with Gasteiger partial charge in [-0.1, -0.05) is 34.1 Å². The molecule has 0 unspecified atom stereocenters. The molecule has 0 bridgehead atoms. The second kappa shape index (κ2) is 6.57. The average molecular weight is 362 g/mol. The van der Waals surface area contributed by atoms with E-state index in [4.69, 9.17) is 11.0 Å². The monoisotopic (exact) mass is 361 g/mol. The maximum absolute atomic E-state index is 12.2. The van der Waals surface area contributed by atoms with Crippen molar-refractivity contribution >= 4 is 38.0 Å². The summed E-state index contributed by atoms with van der Waals surface area (Å²) >= 11 is 4.66. The molecule has 0 aliphatic carbocycles. The van der Waals surface area contributed by atoms with Crippen molar-refractivity contribution in [2.45, 2.75) is 0 Å². The molecular weight excluding hydrogens is 350 g/mol. The Morgan fingerprint density at radius 1 is 1.43 bits per heavy atom. The summed E-state index contributed by atoms with van der Waals surface area (Å²) in [6.45, 7) is 4.08. The Morgan fingerprint density at radius 3 is 2.67 bits per heavy atom. The number of nitrogens with one attached hydrogen (secondary N) is 1. The Kier molecular flexibility index (Phi) is 4.78. The number of rotatable bonds is 4. The lowest BCUT2D eigenvalue weighted by molar-refractivity contribution is 1.34. The fraction of sp³-hybridized carbons (Fsp3) is 0.0667. The van der Waals surface area contributed by atoms with Gasteiger partial charge in [-0.25, -0.2) is 0 Å². The van der Waals surface area contributed by atoms with Crippen molar-refractivity contribution in [3.8, 4) is 16.5 Å². The minimum Gasteiger partial charge on any atom is -0.394 e. The second-order valence-electron chi connectivity index (χ2n) is 4.17. The first-order chi connectivity index (χ1) is 10.1. The minimum atomic E-state index is -0.444. The smallest absolute Gasteiger partial charge is 0.223 e. The molecule has 0 aliphatic rings. The lowest BCUT2D eigenvalue weighted by Crippen LogP contribution is -2.15. The fourth-order valence-electron chi connectivity index (χ4n) is 1.76. The van der Waals surface area contributed by atoms with Crippen LogP contribution in [0.5, 0.6) is 0 Å². The third-order valence-corrected chi connectivity index (χ3v) is 4.51. The fourth-order valence-corrected chi connectivity index (χ4v) is 3.08. The molecule has 0 fully saturated rings. The van der Waals surface area contributed by atoms with E-state index in [1.54, 1.807) is 6.08 Å². The summed E-state index contributed by atoms with van der Waals surface area (Å²) in [6.07, 6.45) is 1.66. The predicted molar refractivity (Wildman–Crippen MR) is 91.5 cm³/mol. The van der Waals surface area contributed by atoms with Gasteiger partial charge in [-0.2, -0.15) is 5.26 Å². The van der Waals surface area contributed by atoms with Crippen molar-refractivity contribution in [2.75, 3.05) is 17.6 Å². The second-order valence-corrected chi connectivity index (χ2v) is 6.10. The highest BCUT2D eigenvalue weighted by molar-refractivity contribution is 9.10. The molecule has 1 aromatic heterocycles. The number of anilines is 2. The van der Waals surface area contributed by atoms with E-state index in [9.17, 15) is 4.79 Å². The molecule has 0 aliphatic heterocycles. The van der Waals surface area contributed by atoms with Gasteiger partial charge >= 0.3 is 0 Å². The first kappa shape index (κ1) is 15.3. The Balaban J connectivity index is 2.64. The Hall–Kier alpha value is -2.10. The number of halogens is 1. The van der Waals surface area contributed by atoms with Crippen LogP contribution in [0.3, 0.4) is 0 Å². The van der Waals surface area contributed by atoms with Gasteiger partial charge in [-0.3, -0.25) is 4.79 Å². The van der Waals surface area contributed by atoms with Gasteiger partial charge in [0.05, 0.1) is 10.6 Å². The molecule has 106 valence electrons. The van der Waals surface area contributed by atoms with Crippen molar-refractivity contribution in [1.82, 2.24) is 0 Å². The van der Waals surface area contributed by atoms with Crippen molar-refractivity contribution < 1.29 is 0 Å². The van der Waals surface area contributed by atoms with E-state index in [2.05, 4.69) is 27.8 Å². The van der Waals surface area contributed by atoms with Gasteiger partial charge in [-0.05, 0) is 17.7 Å². The predicted octanol–water partition coefficient (Wildman–Crippen LogP) is 3.59. The standard InChI is InChI=1S/C15H12BrN3OS/c1-2-7-19-15-11(8-17)13(20)12(18)14(21-15)9-3-5-10(16)6-4-9/h2-6,19H,1,7,18H2. The number of nitrogen functional groups attached to an aromatic ring is 1. The molecule has 2 rings (SSSR count). The van der Waals surface area contributed by atoms with Crippen LogP contribution in [0, 0.1) is 11.3 Å². The van der Waals surface area contributed by atoms with Crippen molar-refractivity contribution in [3.63, 3.8) is 0 Å². The molecule has 21 heavy (non-hydrogen) atoms. The molecule has 0 atom stereocenters. The van der Waals surface area contributed by atoms with Crippen LogP contribution in [0.2, 0.25) is 0 Å². The van der Waals surface area contributed by atoms with Crippen LogP contribution in [-0.2, 0) is 0 Å². The molecule has 1 heterocycles. The molecule has 2 aromatic rings. The molecule has 0 spiro atoms. The van der Waals surface area contributed by atoms with E-state index in [1.807, 2.05) is 30.3 Å². The molecular formula is C15H12BrN3OS. The van der Waals surface area contributed by atoms with Crippen molar-refractivity contribution in [3.05, 3.63) is 57.2 Å². The minimum absolute atomic E-state index is 0.0419. The van der Waals surface area contributed by atoms with Gasteiger partial charge in [0.2, 0.25) is 5.43 Å². The van der Waals surface area contributed by atoms with Crippen molar-refractivity contribution in [2.24, 2.45) is 0 Å². The van der Waals surface area contributed by atoms with Gasteiger partial charge < -0.3 is 11.1 Å². The number of nitrogens with two attached hydrogens (primary N) is 1. The zero-order chi connectivity index (χ0) is 15.4. The van der Waals surface area contributed by atoms with Gasteiger partial charge in [0.15, 0.2) is 0 Å². The van der Waals surface area contributed by atoms with Crippen LogP contribution < -0.4 is 16.5 Å².